The van der Waals surface area contributed by atoms with Crippen LogP contribution in [-0.2, 0) is 9.59 Å². The first kappa shape index (κ1) is 20.6. The van der Waals surface area contributed by atoms with Gasteiger partial charge in [-0.2, -0.15) is 0 Å². The highest BCUT2D eigenvalue weighted by atomic mass is 35.5. The van der Waals surface area contributed by atoms with Crippen LogP contribution in [-0.4, -0.2) is 34.8 Å². The number of amides is 2. The van der Waals surface area contributed by atoms with Crippen molar-refractivity contribution in [1.82, 2.24) is 9.88 Å². The molecule has 1 aromatic heterocycles. The maximum Gasteiger partial charge on any atom is 0.246 e. The molecule has 2 amide bonds. The van der Waals surface area contributed by atoms with E-state index in [1.165, 1.54) is 12.3 Å². The minimum absolute atomic E-state index is 0.0896. The largest absolute Gasteiger partial charge is 0.339 e. The monoisotopic (exact) mass is 437 g/mol. The molecule has 1 N–H and O–H groups in total. The molecule has 3 rings (SSSR count). The molecule has 1 aliphatic heterocycles. The number of halogens is 3. The van der Waals surface area contributed by atoms with Gasteiger partial charge in [-0.25, -0.2) is 4.98 Å². The van der Waals surface area contributed by atoms with Gasteiger partial charge in [-0.1, -0.05) is 40.9 Å². The first-order chi connectivity index (χ1) is 13.4. The molecule has 28 heavy (non-hydrogen) atoms. The summed E-state index contributed by atoms with van der Waals surface area (Å²) in [5.74, 6) is 0.135. The molecule has 0 bridgehead atoms. The third-order valence-electron chi connectivity index (χ3n) is 4.52. The third kappa shape index (κ3) is 5.47. The second kappa shape index (κ2) is 9.41. The molecule has 2 heterocycles. The van der Waals surface area contributed by atoms with Gasteiger partial charge in [0.1, 0.15) is 5.82 Å². The topological polar surface area (TPSA) is 62.3 Å². The van der Waals surface area contributed by atoms with Crippen molar-refractivity contribution in [3.63, 3.8) is 0 Å². The van der Waals surface area contributed by atoms with Gasteiger partial charge in [0.2, 0.25) is 11.8 Å². The first-order valence-electron chi connectivity index (χ1n) is 8.77. The van der Waals surface area contributed by atoms with E-state index in [1.54, 1.807) is 41.3 Å². The fraction of sp³-hybridized carbons (Fsp3) is 0.250. The summed E-state index contributed by atoms with van der Waals surface area (Å²) in [7, 11) is 0. The van der Waals surface area contributed by atoms with E-state index in [1.807, 2.05) is 0 Å². The van der Waals surface area contributed by atoms with Gasteiger partial charge in [0.05, 0.1) is 15.1 Å². The van der Waals surface area contributed by atoms with Gasteiger partial charge >= 0.3 is 0 Å². The molecular weight excluding hydrogens is 421 g/mol. The third-order valence-corrected chi connectivity index (χ3v) is 5.48. The number of hydrogen-bond donors (Lipinski definition) is 1. The Balaban J connectivity index is 1.50. The zero-order chi connectivity index (χ0) is 20.1. The number of anilines is 1. The summed E-state index contributed by atoms with van der Waals surface area (Å²) in [5, 5.41) is 4.22. The van der Waals surface area contributed by atoms with Crippen molar-refractivity contribution in [3.05, 3.63) is 63.2 Å². The van der Waals surface area contributed by atoms with E-state index >= 15 is 0 Å². The Labute approximate surface area is 178 Å². The maximum absolute atomic E-state index is 12.4. The van der Waals surface area contributed by atoms with E-state index < -0.39 is 0 Å². The van der Waals surface area contributed by atoms with Crippen LogP contribution in [0, 0.1) is 5.92 Å². The summed E-state index contributed by atoms with van der Waals surface area (Å²) in [6, 6.07) is 8.51. The van der Waals surface area contributed by atoms with Gasteiger partial charge in [0.15, 0.2) is 0 Å². The molecule has 1 fully saturated rings. The predicted molar refractivity (Wildman–Crippen MR) is 113 cm³/mol. The standard InChI is InChI=1S/C20H18Cl3N3O2/c21-15-3-5-18(24-12-15)25-20(28)14-7-9-26(10-8-14)19(27)6-2-13-1-4-16(22)17(23)11-13/h1-6,11-12,14H,7-10H2,(H,24,25,28)/b6-2+. The van der Waals surface area contributed by atoms with Gasteiger partial charge in [0, 0.05) is 31.3 Å². The minimum Gasteiger partial charge on any atom is -0.339 e. The molecular formula is C20H18Cl3N3O2. The Kier molecular flexibility index (Phi) is 6.94. The van der Waals surface area contributed by atoms with E-state index in [-0.39, 0.29) is 17.7 Å². The molecule has 1 aliphatic rings. The number of nitrogens with one attached hydrogen (secondary N) is 1. The lowest BCUT2D eigenvalue weighted by Crippen LogP contribution is -2.40. The summed E-state index contributed by atoms with van der Waals surface area (Å²) < 4.78 is 0. The van der Waals surface area contributed by atoms with Crippen LogP contribution in [0.2, 0.25) is 15.1 Å². The number of carbonyl (C=O) groups excluding carboxylic acids is 2. The van der Waals surface area contributed by atoms with Gasteiger partial charge < -0.3 is 10.2 Å². The molecule has 5 nitrogen and oxygen atoms in total. The second-order valence-corrected chi connectivity index (χ2v) is 7.71. The van der Waals surface area contributed by atoms with Crippen LogP contribution >= 0.6 is 34.8 Å². The van der Waals surface area contributed by atoms with E-state index in [2.05, 4.69) is 10.3 Å². The number of hydrogen-bond acceptors (Lipinski definition) is 3. The van der Waals surface area contributed by atoms with Crippen molar-refractivity contribution in [3.8, 4) is 0 Å². The van der Waals surface area contributed by atoms with Crippen molar-refractivity contribution in [2.45, 2.75) is 12.8 Å². The molecule has 1 saturated heterocycles. The molecule has 0 saturated carbocycles. The lowest BCUT2D eigenvalue weighted by atomic mass is 9.96. The smallest absolute Gasteiger partial charge is 0.246 e. The van der Waals surface area contributed by atoms with E-state index in [9.17, 15) is 9.59 Å². The average Bonchev–Trinajstić information content (AvgIpc) is 2.70. The Morgan fingerprint density at radius 2 is 1.82 bits per heavy atom. The molecule has 0 spiro atoms. The SMILES string of the molecule is O=C(Nc1ccc(Cl)cn1)C1CCN(C(=O)/C=C/c2ccc(Cl)c(Cl)c2)CC1. The molecule has 2 aromatic rings. The van der Waals surface area contributed by atoms with Crippen molar-refractivity contribution >= 4 is 58.5 Å². The van der Waals surface area contributed by atoms with Crippen LogP contribution in [0.1, 0.15) is 18.4 Å². The summed E-state index contributed by atoms with van der Waals surface area (Å²) in [5.41, 5.74) is 0.799. The summed E-state index contributed by atoms with van der Waals surface area (Å²) in [6.07, 6.45) is 5.91. The lowest BCUT2D eigenvalue weighted by Gasteiger charge is -2.30. The number of carbonyl (C=O) groups is 2. The van der Waals surface area contributed by atoms with Gasteiger partial charge in [-0.05, 0) is 48.7 Å². The molecule has 0 aliphatic carbocycles. The Morgan fingerprint density at radius 3 is 2.46 bits per heavy atom. The normalized spacial score (nSPS) is 15.0. The van der Waals surface area contributed by atoms with E-state index in [0.29, 0.717) is 46.8 Å². The van der Waals surface area contributed by atoms with Crippen LogP contribution < -0.4 is 5.32 Å². The lowest BCUT2D eigenvalue weighted by molar-refractivity contribution is -0.130. The molecule has 0 unspecified atom stereocenters. The van der Waals surface area contributed by atoms with Crippen LogP contribution in [0.25, 0.3) is 6.08 Å². The number of aromatic nitrogens is 1. The summed E-state index contributed by atoms with van der Waals surface area (Å²) in [6.45, 7) is 1.05. The predicted octanol–water partition coefficient (Wildman–Crippen LogP) is 4.93. The number of piperidine rings is 1. The van der Waals surface area contributed by atoms with Crippen molar-refractivity contribution in [2.24, 2.45) is 5.92 Å². The minimum atomic E-state index is -0.152. The van der Waals surface area contributed by atoms with Crippen molar-refractivity contribution in [1.29, 1.82) is 0 Å². The van der Waals surface area contributed by atoms with E-state index in [0.717, 1.165) is 5.56 Å². The highest BCUT2D eigenvalue weighted by Gasteiger charge is 2.26. The fourth-order valence-electron chi connectivity index (χ4n) is 2.93. The van der Waals surface area contributed by atoms with Gasteiger partial charge in [-0.3, -0.25) is 9.59 Å². The number of likely N-dealkylation sites (tertiary alicyclic amines) is 1. The zero-order valence-electron chi connectivity index (χ0n) is 14.9. The van der Waals surface area contributed by atoms with Crippen LogP contribution in [0.3, 0.4) is 0 Å². The molecule has 8 heteroatoms. The van der Waals surface area contributed by atoms with Gasteiger partial charge in [0.25, 0.3) is 0 Å². The Bertz CT molecular complexity index is 892. The molecule has 0 radical (unpaired) electrons. The van der Waals surface area contributed by atoms with Crippen LogP contribution in [0.4, 0.5) is 5.82 Å². The highest BCUT2D eigenvalue weighted by Crippen LogP contribution is 2.23. The number of nitrogens with zero attached hydrogens (tertiary/aromatic N) is 2. The number of benzene rings is 1. The van der Waals surface area contributed by atoms with E-state index in [4.69, 9.17) is 34.8 Å². The summed E-state index contributed by atoms with van der Waals surface area (Å²) >= 11 is 17.7. The van der Waals surface area contributed by atoms with Crippen LogP contribution in [0.15, 0.2) is 42.6 Å². The quantitative estimate of drug-likeness (QED) is 0.688. The van der Waals surface area contributed by atoms with Gasteiger partial charge in [-0.15, -0.1) is 0 Å². The average molecular weight is 439 g/mol. The molecule has 0 atom stereocenters. The first-order valence-corrected chi connectivity index (χ1v) is 9.90. The molecule has 146 valence electrons. The summed E-state index contributed by atoms with van der Waals surface area (Å²) in [4.78, 5) is 30.6. The fourth-order valence-corrected chi connectivity index (χ4v) is 3.35. The number of rotatable bonds is 4. The van der Waals surface area contributed by atoms with Crippen molar-refractivity contribution < 1.29 is 9.59 Å². The second-order valence-electron chi connectivity index (χ2n) is 6.46. The Hall–Kier alpha value is -2.08. The van der Waals surface area contributed by atoms with Crippen molar-refractivity contribution in [2.75, 3.05) is 18.4 Å². The zero-order valence-corrected chi connectivity index (χ0v) is 17.1. The van der Waals surface area contributed by atoms with Crippen LogP contribution in [0.5, 0.6) is 0 Å². The molecule has 1 aromatic carbocycles. The highest BCUT2D eigenvalue weighted by molar-refractivity contribution is 6.42. The maximum atomic E-state index is 12.4. The number of pyridine rings is 1. The Morgan fingerprint density at radius 1 is 1.07 bits per heavy atom.